The summed E-state index contributed by atoms with van der Waals surface area (Å²) in [6.07, 6.45) is 0. The van der Waals surface area contributed by atoms with Crippen LogP contribution in [0.5, 0.6) is 0 Å². The Balaban J connectivity index is 1.83. The van der Waals surface area contributed by atoms with E-state index in [-0.39, 0.29) is 0 Å². The summed E-state index contributed by atoms with van der Waals surface area (Å²) in [6, 6.07) is 13.5. The van der Waals surface area contributed by atoms with E-state index in [9.17, 15) is 9.59 Å². The van der Waals surface area contributed by atoms with Crippen molar-refractivity contribution in [2.75, 3.05) is 17.3 Å². The summed E-state index contributed by atoms with van der Waals surface area (Å²) >= 11 is 3.46. The van der Waals surface area contributed by atoms with E-state index < -0.39 is 11.7 Å². The number of nitrogens with one attached hydrogen (secondary N) is 1. The Morgan fingerprint density at radius 1 is 1.14 bits per heavy atom. The molecule has 1 amide bonds. The van der Waals surface area contributed by atoms with Crippen molar-refractivity contribution >= 4 is 39.0 Å². The standard InChI is InChI=1S/C16H13BrN2O2/c1-19(9-10-3-2-4-11(17)7-10)12-5-6-13-14(8-12)18-16(21)15(13)20/h2-8H,9H2,1H3,(H,18,20,21). The van der Waals surface area contributed by atoms with Gasteiger partial charge in [-0.2, -0.15) is 0 Å². The fourth-order valence-electron chi connectivity index (χ4n) is 2.37. The minimum atomic E-state index is -0.559. The van der Waals surface area contributed by atoms with Crippen molar-refractivity contribution in [2.45, 2.75) is 6.54 Å². The molecule has 106 valence electrons. The first kappa shape index (κ1) is 13.8. The highest BCUT2D eigenvalue weighted by molar-refractivity contribution is 9.10. The summed E-state index contributed by atoms with van der Waals surface area (Å²) < 4.78 is 1.04. The topological polar surface area (TPSA) is 49.4 Å². The van der Waals surface area contributed by atoms with Crippen LogP contribution in [0.25, 0.3) is 0 Å². The van der Waals surface area contributed by atoms with Crippen LogP contribution in [0.2, 0.25) is 0 Å². The molecule has 0 radical (unpaired) electrons. The molecule has 0 atom stereocenters. The number of carbonyl (C=O) groups excluding carboxylic acids is 2. The number of carbonyl (C=O) groups is 2. The monoisotopic (exact) mass is 344 g/mol. The Bertz CT molecular complexity index is 743. The Morgan fingerprint density at radius 2 is 1.95 bits per heavy atom. The van der Waals surface area contributed by atoms with Gasteiger partial charge >= 0.3 is 0 Å². The summed E-state index contributed by atoms with van der Waals surface area (Å²) in [4.78, 5) is 25.0. The molecule has 0 spiro atoms. The normalized spacial score (nSPS) is 13.0. The molecule has 0 fully saturated rings. The highest BCUT2D eigenvalue weighted by Crippen LogP contribution is 2.28. The van der Waals surface area contributed by atoms with Crippen LogP contribution in [0.15, 0.2) is 46.9 Å². The fraction of sp³-hybridized carbons (Fsp3) is 0.125. The molecule has 0 saturated heterocycles. The van der Waals surface area contributed by atoms with Gasteiger partial charge in [-0.05, 0) is 35.9 Å². The van der Waals surface area contributed by atoms with Crippen molar-refractivity contribution in [1.29, 1.82) is 0 Å². The predicted molar refractivity (Wildman–Crippen MR) is 85.7 cm³/mol. The molecule has 4 nitrogen and oxygen atoms in total. The first-order chi connectivity index (χ1) is 10.0. The second-order valence-electron chi connectivity index (χ2n) is 5.00. The molecule has 0 saturated carbocycles. The van der Waals surface area contributed by atoms with Gasteiger partial charge in [-0.15, -0.1) is 0 Å². The molecule has 2 aromatic carbocycles. The van der Waals surface area contributed by atoms with Crippen LogP contribution in [0.3, 0.4) is 0 Å². The van der Waals surface area contributed by atoms with Crippen LogP contribution in [-0.2, 0) is 11.3 Å². The molecule has 3 rings (SSSR count). The van der Waals surface area contributed by atoms with Crippen molar-refractivity contribution in [3.05, 3.63) is 58.1 Å². The van der Waals surface area contributed by atoms with Gasteiger partial charge in [0.1, 0.15) is 0 Å². The number of hydrogen-bond acceptors (Lipinski definition) is 3. The van der Waals surface area contributed by atoms with Crippen molar-refractivity contribution in [3.63, 3.8) is 0 Å². The van der Waals surface area contributed by atoms with E-state index in [1.807, 2.05) is 31.3 Å². The molecule has 0 bridgehead atoms. The minimum absolute atomic E-state index is 0.444. The second kappa shape index (κ2) is 5.33. The van der Waals surface area contributed by atoms with Gasteiger partial charge in [0.25, 0.3) is 11.7 Å². The molecule has 21 heavy (non-hydrogen) atoms. The smallest absolute Gasteiger partial charge is 0.296 e. The van der Waals surface area contributed by atoms with Crippen molar-refractivity contribution < 1.29 is 9.59 Å². The number of halogens is 1. The molecule has 2 aromatic rings. The Morgan fingerprint density at radius 3 is 2.71 bits per heavy atom. The summed E-state index contributed by atoms with van der Waals surface area (Å²) in [5.41, 5.74) is 3.15. The number of fused-ring (bicyclic) bond motifs is 1. The van der Waals surface area contributed by atoms with Crippen molar-refractivity contribution in [2.24, 2.45) is 0 Å². The number of Topliss-reactive ketones (excluding diaryl/α,β-unsaturated/α-hetero) is 1. The number of anilines is 2. The van der Waals surface area contributed by atoms with Gasteiger partial charge in [0.05, 0.1) is 11.3 Å². The summed E-state index contributed by atoms with van der Waals surface area (Å²) in [5, 5.41) is 2.59. The third kappa shape index (κ3) is 2.69. The zero-order chi connectivity index (χ0) is 15.0. The van der Waals surface area contributed by atoms with Crippen LogP contribution in [0.1, 0.15) is 15.9 Å². The maximum Gasteiger partial charge on any atom is 0.296 e. The second-order valence-corrected chi connectivity index (χ2v) is 5.91. The van der Waals surface area contributed by atoms with E-state index >= 15 is 0 Å². The first-order valence-corrected chi connectivity index (χ1v) is 7.29. The number of nitrogens with zero attached hydrogens (tertiary/aromatic N) is 1. The third-order valence-corrected chi connectivity index (χ3v) is 3.95. The Kier molecular flexibility index (Phi) is 3.51. The highest BCUT2D eigenvalue weighted by atomic mass is 79.9. The average Bonchev–Trinajstić information content (AvgIpc) is 2.73. The largest absolute Gasteiger partial charge is 0.370 e. The zero-order valence-electron chi connectivity index (χ0n) is 11.4. The van der Waals surface area contributed by atoms with Crippen molar-refractivity contribution in [1.82, 2.24) is 0 Å². The molecule has 1 aliphatic heterocycles. The lowest BCUT2D eigenvalue weighted by atomic mass is 10.1. The number of benzene rings is 2. The number of ketones is 1. The van der Waals surface area contributed by atoms with E-state index in [1.165, 1.54) is 5.56 Å². The molecule has 1 N–H and O–H groups in total. The van der Waals surface area contributed by atoms with Gasteiger partial charge < -0.3 is 10.2 Å². The van der Waals surface area contributed by atoms with E-state index in [0.29, 0.717) is 11.3 Å². The Labute approximate surface area is 130 Å². The molecular weight excluding hydrogens is 332 g/mol. The SMILES string of the molecule is CN(Cc1cccc(Br)c1)c1ccc2c(c1)NC(=O)C2=O. The summed E-state index contributed by atoms with van der Waals surface area (Å²) in [6.45, 7) is 0.736. The molecule has 0 unspecified atom stereocenters. The Hall–Kier alpha value is -2.14. The maximum absolute atomic E-state index is 11.6. The van der Waals surface area contributed by atoms with Gasteiger partial charge in [0.15, 0.2) is 0 Å². The van der Waals surface area contributed by atoms with Crippen LogP contribution < -0.4 is 10.2 Å². The quantitative estimate of drug-likeness (QED) is 0.869. The molecule has 0 aromatic heterocycles. The van der Waals surface area contributed by atoms with Crippen molar-refractivity contribution in [3.8, 4) is 0 Å². The number of amides is 1. The van der Waals surface area contributed by atoms with E-state index in [4.69, 9.17) is 0 Å². The fourth-order valence-corrected chi connectivity index (χ4v) is 2.82. The average molecular weight is 345 g/mol. The highest BCUT2D eigenvalue weighted by Gasteiger charge is 2.28. The molecule has 5 heteroatoms. The van der Waals surface area contributed by atoms with Crippen LogP contribution >= 0.6 is 15.9 Å². The van der Waals surface area contributed by atoms with Crippen LogP contribution in [-0.4, -0.2) is 18.7 Å². The third-order valence-electron chi connectivity index (χ3n) is 3.45. The van der Waals surface area contributed by atoms with E-state index in [0.717, 1.165) is 16.7 Å². The van der Waals surface area contributed by atoms with Gasteiger partial charge in [0, 0.05) is 23.8 Å². The van der Waals surface area contributed by atoms with Gasteiger partial charge in [0.2, 0.25) is 0 Å². The van der Waals surface area contributed by atoms with Crippen LogP contribution in [0, 0.1) is 0 Å². The number of rotatable bonds is 3. The lowest BCUT2D eigenvalue weighted by Gasteiger charge is -2.20. The minimum Gasteiger partial charge on any atom is -0.370 e. The van der Waals surface area contributed by atoms with Crippen LogP contribution in [0.4, 0.5) is 11.4 Å². The predicted octanol–water partition coefficient (Wildman–Crippen LogP) is 3.22. The van der Waals surface area contributed by atoms with Gasteiger partial charge in [-0.3, -0.25) is 9.59 Å². The van der Waals surface area contributed by atoms with E-state index in [2.05, 4.69) is 38.3 Å². The maximum atomic E-state index is 11.6. The molecule has 1 aliphatic rings. The summed E-state index contributed by atoms with van der Waals surface area (Å²) in [5.74, 6) is -1.03. The van der Waals surface area contributed by atoms with Gasteiger partial charge in [-0.25, -0.2) is 0 Å². The lowest BCUT2D eigenvalue weighted by Crippen LogP contribution is -2.16. The molecule has 1 heterocycles. The lowest BCUT2D eigenvalue weighted by molar-refractivity contribution is -0.112. The van der Waals surface area contributed by atoms with Gasteiger partial charge in [-0.1, -0.05) is 28.1 Å². The van der Waals surface area contributed by atoms with E-state index in [1.54, 1.807) is 6.07 Å². The number of hydrogen-bond donors (Lipinski definition) is 1. The zero-order valence-corrected chi connectivity index (χ0v) is 13.0. The molecule has 0 aliphatic carbocycles. The summed E-state index contributed by atoms with van der Waals surface area (Å²) in [7, 11) is 1.97. The first-order valence-electron chi connectivity index (χ1n) is 6.50. The molecular formula is C16H13BrN2O2.